The zero-order chi connectivity index (χ0) is 19.1. The van der Waals surface area contributed by atoms with E-state index in [1.165, 1.54) is 12.1 Å². The lowest BCUT2D eigenvalue weighted by molar-refractivity contribution is -0.129. The maximum Gasteiger partial charge on any atom is 0.223 e. The molecule has 6 heteroatoms. The lowest BCUT2D eigenvalue weighted by Crippen LogP contribution is -2.35. The highest BCUT2D eigenvalue weighted by Crippen LogP contribution is 2.25. The van der Waals surface area contributed by atoms with Gasteiger partial charge < -0.3 is 15.0 Å². The van der Waals surface area contributed by atoms with Gasteiger partial charge in [-0.2, -0.15) is 0 Å². The zero-order valence-electron chi connectivity index (χ0n) is 15.2. The molecule has 0 spiro atoms. The highest BCUT2D eigenvalue weighted by Gasteiger charge is 2.31. The van der Waals surface area contributed by atoms with Crippen LogP contribution in [-0.4, -0.2) is 36.5 Å². The van der Waals surface area contributed by atoms with Crippen molar-refractivity contribution in [3.05, 3.63) is 65.7 Å². The maximum absolute atomic E-state index is 13.9. The van der Waals surface area contributed by atoms with E-state index < -0.39 is 11.6 Å². The van der Waals surface area contributed by atoms with Crippen LogP contribution in [0.25, 0.3) is 0 Å². The van der Waals surface area contributed by atoms with Crippen molar-refractivity contribution < 1.29 is 18.3 Å². The minimum Gasteiger partial charge on any atom is -0.492 e. The van der Waals surface area contributed by atoms with Crippen LogP contribution < -0.4 is 10.1 Å². The molecule has 0 saturated carbocycles. The molecule has 2 aromatic carbocycles. The summed E-state index contributed by atoms with van der Waals surface area (Å²) >= 11 is 0. The van der Waals surface area contributed by atoms with E-state index in [1.807, 2.05) is 30.3 Å². The average Bonchev–Trinajstić information content (AvgIpc) is 3.02. The lowest BCUT2D eigenvalue weighted by Gasteiger charge is -2.25. The first-order chi connectivity index (χ1) is 13.1. The van der Waals surface area contributed by atoms with Crippen LogP contribution in [0.5, 0.6) is 5.75 Å². The van der Waals surface area contributed by atoms with Crippen molar-refractivity contribution in [2.24, 2.45) is 0 Å². The van der Waals surface area contributed by atoms with Crippen LogP contribution in [0.4, 0.5) is 8.78 Å². The van der Waals surface area contributed by atoms with E-state index in [-0.39, 0.29) is 24.1 Å². The van der Waals surface area contributed by atoms with Gasteiger partial charge in [-0.1, -0.05) is 30.3 Å². The Balaban J connectivity index is 1.42. The third kappa shape index (κ3) is 5.26. The molecule has 3 rings (SSSR count). The van der Waals surface area contributed by atoms with Gasteiger partial charge in [-0.05, 0) is 37.6 Å². The number of ether oxygens (including phenoxy) is 1. The summed E-state index contributed by atoms with van der Waals surface area (Å²) < 4.78 is 32.9. The first kappa shape index (κ1) is 19.3. The van der Waals surface area contributed by atoms with Crippen LogP contribution in [0.2, 0.25) is 0 Å². The van der Waals surface area contributed by atoms with Gasteiger partial charge in [0.25, 0.3) is 0 Å². The predicted molar refractivity (Wildman–Crippen MR) is 99.4 cm³/mol. The second-order valence-corrected chi connectivity index (χ2v) is 6.63. The fourth-order valence-electron chi connectivity index (χ4n) is 3.32. The normalized spacial score (nSPS) is 16.7. The number of amides is 1. The number of nitrogens with zero attached hydrogens (tertiary/aromatic N) is 1. The number of hydrogen-bond acceptors (Lipinski definition) is 3. The molecule has 2 aromatic rings. The molecule has 4 nitrogen and oxygen atoms in total. The first-order valence-electron chi connectivity index (χ1n) is 9.26. The Bertz CT molecular complexity index is 755. The number of carbonyl (C=O) groups excluding carboxylic acids is 1. The van der Waals surface area contributed by atoms with E-state index in [0.29, 0.717) is 19.6 Å². The number of carbonyl (C=O) groups is 1. The van der Waals surface area contributed by atoms with Gasteiger partial charge in [-0.3, -0.25) is 4.79 Å². The van der Waals surface area contributed by atoms with Crippen molar-refractivity contribution in [2.45, 2.75) is 31.8 Å². The molecule has 0 aromatic heterocycles. The summed E-state index contributed by atoms with van der Waals surface area (Å²) in [7, 11) is 0. The molecule has 1 aliphatic rings. The molecule has 1 aliphatic heterocycles. The van der Waals surface area contributed by atoms with Crippen molar-refractivity contribution in [1.29, 1.82) is 0 Å². The minimum atomic E-state index is -0.879. The average molecular weight is 374 g/mol. The number of benzene rings is 2. The largest absolute Gasteiger partial charge is 0.492 e. The topological polar surface area (TPSA) is 41.6 Å². The van der Waals surface area contributed by atoms with E-state index in [9.17, 15) is 13.6 Å². The van der Waals surface area contributed by atoms with E-state index in [1.54, 1.807) is 4.90 Å². The summed E-state index contributed by atoms with van der Waals surface area (Å²) in [5.74, 6) is -0.914. The van der Waals surface area contributed by atoms with Crippen molar-refractivity contribution in [3.8, 4) is 5.75 Å². The molecule has 0 aliphatic carbocycles. The molecule has 144 valence electrons. The molecule has 1 fully saturated rings. The lowest BCUT2D eigenvalue weighted by atomic mass is 10.1. The first-order valence-corrected chi connectivity index (χ1v) is 9.26. The standard InChI is InChI=1S/C21H24F2N2O2/c22-19-8-4-5-16(21(19)23)15-25-17(9-10-20(25)26)11-12-24-13-14-27-18-6-2-1-3-7-18/h1-8,17,24H,9-15H2/t17-/m0/s1. The summed E-state index contributed by atoms with van der Waals surface area (Å²) in [6.45, 7) is 2.11. The molecular formula is C21H24F2N2O2. The van der Waals surface area contributed by atoms with E-state index in [4.69, 9.17) is 4.74 Å². The van der Waals surface area contributed by atoms with Gasteiger partial charge in [0.1, 0.15) is 12.4 Å². The molecular weight excluding hydrogens is 350 g/mol. The fraction of sp³-hybridized carbons (Fsp3) is 0.381. The number of hydrogen-bond donors (Lipinski definition) is 1. The summed E-state index contributed by atoms with van der Waals surface area (Å²) in [6.07, 6.45) is 1.98. The zero-order valence-corrected chi connectivity index (χ0v) is 15.2. The Kier molecular flexibility index (Phi) is 6.76. The maximum atomic E-state index is 13.9. The fourth-order valence-corrected chi connectivity index (χ4v) is 3.32. The highest BCUT2D eigenvalue weighted by molar-refractivity contribution is 5.78. The molecule has 1 atom stereocenters. The molecule has 1 heterocycles. The second kappa shape index (κ2) is 9.46. The molecule has 0 radical (unpaired) electrons. The van der Waals surface area contributed by atoms with Crippen LogP contribution in [0.15, 0.2) is 48.5 Å². The summed E-state index contributed by atoms with van der Waals surface area (Å²) in [4.78, 5) is 13.8. The van der Waals surface area contributed by atoms with Gasteiger partial charge in [0, 0.05) is 31.1 Å². The molecule has 0 unspecified atom stereocenters. The van der Waals surface area contributed by atoms with Gasteiger partial charge in [0.15, 0.2) is 11.6 Å². The van der Waals surface area contributed by atoms with Gasteiger partial charge in [0.2, 0.25) is 5.91 Å². The Hall–Kier alpha value is -2.47. The Labute approximate surface area is 158 Å². The monoisotopic (exact) mass is 374 g/mol. The number of likely N-dealkylation sites (tertiary alicyclic amines) is 1. The van der Waals surface area contributed by atoms with Crippen LogP contribution in [0, 0.1) is 11.6 Å². The number of halogens is 2. The van der Waals surface area contributed by atoms with E-state index >= 15 is 0 Å². The van der Waals surface area contributed by atoms with Crippen LogP contribution in [-0.2, 0) is 11.3 Å². The van der Waals surface area contributed by atoms with Gasteiger partial charge in [-0.15, -0.1) is 0 Å². The Morgan fingerprint density at radius 2 is 1.89 bits per heavy atom. The number of nitrogens with one attached hydrogen (secondary N) is 1. The smallest absolute Gasteiger partial charge is 0.223 e. The molecule has 1 saturated heterocycles. The third-order valence-electron chi connectivity index (χ3n) is 4.77. The summed E-state index contributed by atoms with van der Waals surface area (Å²) in [5, 5.41) is 3.31. The number of para-hydroxylation sites is 1. The molecule has 0 bridgehead atoms. The summed E-state index contributed by atoms with van der Waals surface area (Å²) in [6, 6.07) is 13.7. The molecule has 1 N–H and O–H groups in total. The van der Waals surface area contributed by atoms with Crippen molar-refractivity contribution in [3.63, 3.8) is 0 Å². The van der Waals surface area contributed by atoms with Gasteiger partial charge in [-0.25, -0.2) is 8.78 Å². The van der Waals surface area contributed by atoms with Crippen molar-refractivity contribution in [2.75, 3.05) is 19.7 Å². The summed E-state index contributed by atoms with van der Waals surface area (Å²) in [5.41, 5.74) is 0.222. The van der Waals surface area contributed by atoms with Crippen molar-refractivity contribution >= 4 is 5.91 Å². The van der Waals surface area contributed by atoms with E-state index in [0.717, 1.165) is 31.2 Å². The third-order valence-corrected chi connectivity index (χ3v) is 4.77. The van der Waals surface area contributed by atoms with Crippen LogP contribution in [0.1, 0.15) is 24.8 Å². The van der Waals surface area contributed by atoms with Gasteiger partial charge in [0.05, 0.1) is 0 Å². The SMILES string of the molecule is O=C1CC[C@@H](CCNCCOc2ccccc2)N1Cc1cccc(F)c1F. The Morgan fingerprint density at radius 3 is 2.70 bits per heavy atom. The second-order valence-electron chi connectivity index (χ2n) is 6.63. The molecule has 27 heavy (non-hydrogen) atoms. The van der Waals surface area contributed by atoms with Crippen molar-refractivity contribution in [1.82, 2.24) is 10.2 Å². The predicted octanol–water partition coefficient (Wildman–Crippen LogP) is 3.51. The minimum absolute atomic E-state index is 0.00364. The Morgan fingerprint density at radius 1 is 1.07 bits per heavy atom. The van der Waals surface area contributed by atoms with E-state index in [2.05, 4.69) is 5.32 Å². The van der Waals surface area contributed by atoms with Crippen LogP contribution >= 0.6 is 0 Å². The van der Waals surface area contributed by atoms with Gasteiger partial charge >= 0.3 is 0 Å². The number of rotatable bonds is 9. The molecule has 1 amide bonds. The highest BCUT2D eigenvalue weighted by atomic mass is 19.2. The van der Waals surface area contributed by atoms with Crippen LogP contribution in [0.3, 0.4) is 0 Å². The quantitative estimate of drug-likeness (QED) is 0.683.